The van der Waals surface area contributed by atoms with Crippen molar-refractivity contribution in [3.63, 3.8) is 0 Å². The molecule has 28 heavy (non-hydrogen) atoms. The number of piperidine rings is 1. The standard InChI is InChI=1S/C25H27ClN2/c1-17-5-2-6-19-7-3-8-20(24(17)19)16-28-13-11-18(12-14-28)22-15-27-25-21(22)9-4-10-23(25)26/h2-10,18,22,27H,11-16H2,1H3. The van der Waals surface area contributed by atoms with Gasteiger partial charge in [-0.05, 0) is 72.3 Å². The van der Waals surface area contributed by atoms with Gasteiger partial charge in [0.15, 0.2) is 0 Å². The number of para-hydroxylation sites is 1. The van der Waals surface area contributed by atoms with Gasteiger partial charge in [-0.15, -0.1) is 0 Å². The molecule has 5 rings (SSSR count). The first kappa shape index (κ1) is 18.0. The second-order valence-electron chi connectivity index (χ2n) is 8.40. The van der Waals surface area contributed by atoms with Gasteiger partial charge in [0.1, 0.15) is 0 Å². The number of halogens is 1. The van der Waals surface area contributed by atoms with Crippen LogP contribution in [0.2, 0.25) is 5.02 Å². The van der Waals surface area contributed by atoms with Crippen LogP contribution in [0.5, 0.6) is 0 Å². The lowest BCUT2D eigenvalue weighted by Gasteiger charge is -2.35. The molecule has 2 heterocycles. The summed E-state index contributed by atoms with van der Waals surface area (Å²) < 4.78 is 0. The average Bonchev–Trinajstić information content (AvgIpc) is 3.14. The Morgan fingerprint density at radius 3 is 2.57 bits per heavy atom. The number of nitrogens with one attached hydrogen (secondary N) is 1. The zero-order valence-corrected chi connectivity index (χ0v) is 17.2. The molecular weight excluding hydrogens is 364 g/mol. The molecule has 3 heteroatoms. The smallest absolute Gasteiger partial charge is 0.0640 e. The van der Waals surface area contributed by atoms with Crippen molar-refractivity contribution >= 4 is 28.1 Å². The topological polar surface area (TPSA) is 15.3 Å². The van der Waals surface area contributed by atoms with E-state index in [0.717, 1.165) is 24.0 Å². The Kier molecular flexibility index (Phi) is 4.78. The minimum Gasteiger partial charge on any atom is -0.383 e. The molecule has 3 aromatic carbocycles. The molecule has 0 aromatic heterocycles. The van der Waals surface area contributed by atoms with Crippen LogP contribution < -0.4 is 5.32 Å². The Hall–Kier alpha value is -2.03. The van der Waals surface area contributed by atoms with Gasteiger partial charge in [0.25, 0.3) is 0 Å². The van der Waals surface area contributed by atoms with Gasteiger partial charge in [-0.2, -0.15) is 0 Å². The van der Waals surface area contributed by atoms with Gasteiger partial charge in [-0.25, -0.2) is 0 Å². The van der Waals surface area contributed by atoms with E-state index in [4.69, 9.17) is 11.6 Å². The summed E-state index contributed by atoms with van der Waals surface area (Å²) in [6.45, 7) is 6.68. The monoisotopic (exact) mass is 390 g/mol. The average molecular weight is 391 g/mol. The minimum atomic E-state index is 0.607. The van der Waals surface area contributed by atoms with Crippen molar-refractivity contribution in [2.24, 2.45) is 5.92 Å². The number of hydrogen-bond donors (Lipinski definition) is 1. The molecule has 0 saturated carbocycles. The molecule has 1 unspecified atom stereocenters. The Bertz CT molecular complexity index is 999. The summed E-state index contributed by atoms with van der Waals surface area (Å²) >= 11 is 6.38. The zero-order valence-electron chi connectivity index (χ0n) is 16.4. The first-order valence-electron chi connectivity index (χ1n) is 10.4. The highest BCUT2D eigenvalue weighted by atomic mass is 35.5. The molecule has 1 saturated heterocycles. The van der Waals surface area contributed by atoms with Crippen molar-refractivity contribution in [2.45, 2.75) is 32.2 Å². The maximum Gasteiger partial charge on any atom is 0.0640 e. The van der Waals surface area contributed by atoms with Crippen LogP contribution in [0.3, 0.4) is 0 Å². The molecule has 0 bridgehead atoms. The molecule has 2 aliphatic rings. The van der Waals surface area contributed by atoms with E-state index in [2.05, 4.69) is 65.7 Å². The Balaban J connectivity index is 1.29. The number of anilines is 1. The van der Waals surface area contributed by atoms with Crippen LogP contribution in [-0.4, -0.2) is 24.5 Å². The maximum atomic E-state index is 6.38. The molecular formula is C25H27ClN2. The number of nitrogens with zero attached hydrogens (tertiary/aromatic N) is 1. The van der Waals surface area contributed by atoms with Crippen molar-refractivity contribution in [1.82, 2.24) is 4.90 Å². The van der Waals surface area contributed by atoms with Crippen molar-refractivity contribution < 1.29 is 0 Å². The van der Waals surface area contributed by atoms with E-state index < -0.39 is 0 Å². The molecule has 144 valence electrons. The fraction of sp³-hybridized carbons (Fsp3) is 0.360. The van der Waals surface area contributed by atoms with E-state index in [0.29, 0.717) is 5.92 Å². The molecule has 0 radical (unpaired) electrons. The van der Waals surface area contributed by atoms with Crippen LogP contribution in [0, 0.1) is 12.8 Å². The predicted octanol–water partition coefficient (Wildman–Crippen LogP) is 6.22. The summed E-state index contributed by atoms with van der Waals surface area (Å²) in [5, 5.41) is 7.21. The van der Waals surface area contributed by atoms with Gasteiger partial charge >= 0.3 is 0 Å². The van der Waals surface area contributed by atoms with Crippen molar-refractivity contribution in [1.29, 1.82) is 0 Å². The second kappa shape index (κ2) is 7.42. The molecule has 0 amide bonds. The quantitative estimate of drug-likeness (QED) is 0.570. The highest BCUT2D eigenvalue weighted by molar-refractivity contribution is 6.33. The summed E-state index contributed by atoms with van der Waals surface area (Å²) in [5.74, 6) is 1.35. The Morgan fingerprint density at radius 2 is 1.75 bits per heavy atom. The lowest BCUT2D eigenvalue weighted by atomic mass is 9.81. The predicted molar refractivity (Wildman–Crippen MR) is 119 cm³/mol. The fourth-order valence-electron chi connectivity index (χ4n) is 5.28. The largest absolute Gasteiger partial charge is 0.383 e. The van der Waals surface area contributed by atoms with Crippen molar-refractivity contribution in [2.75, 3.05) is 25.0 Å². The first-order valence-corrected chi connectivity index (χ1v) is 10.8. The minimum absolute atomic E-state index is 0.607. The highest BCUT2D eigenvalue weighted by Crippen LogP contribution is 2.43. The van der Waals surface area contributed by atoms with E-state index in [1.54, 1.807) is 0 Å². The zero-order chi connectivity index (χ0) is 19.1. The van der Waals surface area contributed by atoms with E-state index in [-0.39, 0.29) is 0 Å². The summed E-state index contributed by atoms with van der Waals surface area (Å²) in [6, 6.07) is 19.7. The van der Waals surface area contributed by atoms with Crippen molar-refractivity contribution in [3.05, 3.63) is 76.3 Å². The lowest BCUT2D eigenvalue weighted by Crippen LogP contribution is -2.35. The summed E-state index contributed by atoms with van der Waals surface area (Å²) in [5.41, 5.74) is 5.45. The van der Waals surface area contributed by atoms with Crippen LogP contribution in [0.25, 0.3) is 10.8 Å². The molecule has 1 fully saturated rings. The summed E-state index contributed by atoms with van der Waals surface area (Å²) in [7, 11) is 0. The third kappa shape index (κ3) is 3.19. The molecule has 2 aliphatic heterocycles. The number of rotatable bonds is 3. The molecule has 1 N–H and O–H groups in total. The van der Waals surface area contributed by atoms with Crippen LogP contribution in [0.15, 0.2) is 54.6 Å². The van der Waals surface area contributed by atoms with Crippen LogP contribution in [-0.2, 0) is 6.54 Å². The van der Waals surface area contributed by atoms with E-state index >= 15 is 0 Å². The Labute approximate surface area is 172 Å². The number of likely N-dealkylation sites (tertiary alicyclic amines) is 1. The third-order valence-corrected chi connectivity index (χ3v) is 7.05. The molecule has 3 aromatic rings. The van der Waals surface area contributed by atoms with Gasteiger partial charge in [0, 0.05) is 19.0 Å². The fourth-order valence-corrected chi connectivity index (χ4v) is 5.53. The number of hydrogen-bond acceptors (Lipinski definition) is 2. The van der Waals surface area contributed by atoms with Crippen molar-refractivity contribution in [3.8, 4) is 0 Å². The highest BCUT2D eigenvalue weighted by Gasteiger charge is 2.33. The second-order valence-corrected chi connectivity index (χ2v) is 8.80. The normalized spacial score (nSPS) is 20.3. The molecule has 0 spiro atoms. The summed E-state index contributed by atoms with van der Waals surface area (Å²) in [4.78, 5) is 2.64. The Morgan fingerprint density at radius 1 is 1.00 bits per heavy atom. The number of benzene rings is 3. The van der Waals surface area contributed by atoms with Crippen LogP contribution in [0.1, 0.15) is 35.4 Å². The third-order valence-electron chi connectivity index (χ3n) is 6.74. The van der Waals surface area contributed by atoms with Gasteiger partial charge < -0.3 is 5.32 Å². The van der Waals surface area contributed by atoms with Gasteiger partial charge in [-0.1, -0.05) is 60.1 Å². The summed E-state index contributed by atoms with van der Waals surface area (Å²) in [6.07, 6.45) is 2.53. The molecule has 1 atom stereocenters. The van der Waals surface area contributed by atoms with E-state index in [1.807, 2.05) is 6.07 Å². The van der Waals surface area contributed by atoms with E-state index in [1.165, 1.54) is 59.1 Å². The van der Waals surface area contributed by atoms with Crippen LogP contribution in [0.4, 0.5) is 5.69 Å². The molecule has 0 aliphatic carbocycles. The van der Waals surface area contributed by atoms with Gasteiger partial charge in [0.05, 0.1) is 10.7 Å². The number of aryl methyl sites for hydroxylation is 1. The maximum absolute atomic E-state index is 6.38. The van der Waals surface area contributed by atoms with E-state index in [9.17, 15) is 0 Å². The SMILES string of the molecule is Cc1cccc2cccc(CN3CCC(C4CNc5c(Cl)cccc54)CC3)c12. The molecule has 2 nitrogen and oxygen atoms in total. The number of fused-ring (bicyclic) bond motifs is 2. The van der Waals surface area contributed by atoms with Gasteiger partial charge in [0.2, 0.25) is 0 Å². The lowest BCUT2D eigenvalue weighted by molar-refractivity contribution is 0.165. The first-order chi connectivity index (χ1) is 13.7. The van der Waals surface area contributed by atoms with Gasteiger partial charge in [-0.3, -0.25) is 4.90 Å². The van der Waals surface area contributed by atoms with Crippen LogP contribution >= 0.6 is 11.6 Å².